The van der Waals surface area contributed by atoms with Crippen molar-refractivity contribution in [3.63, 3.8) is 0 Å². The van der Waals surface area contributed by atoms with E-state index in [0.717, 1.165) is 6.42 Å². The smallest absolute Gasteiger partial charge is 0.321 e. The number of carbonyl (C=O) groups excluding carboxylic acids is 2. The minimum atomic E-state index is -1.22. The highest BCUT2D eigenvalue weighted by atomic mass is 16.5. The highest BCUT2D eigenvalue weighted by molar-refractivity contribution is 6.04. The van der Waals surface area contributed by atoms with Crippen LogP contribution in [0, 0.1) is 5.41 Å². The monoisotopic (exact) mass is 278 g/mol. The van der Waals surface area contributed by atoms with Crippen LogP contribution >= 0.6 is 0 Å². The zero-order valence-electron chi connectivity index (χ0n) is 11.5. The maximum absolute atomic E-state index is 12.3. The van der Waals surface area contributed by atoms with Gasteiger partial charge in [-0.05, 0) is 25.0 Å². The largest absolute Gasteiger partial charge is 0.468 e. The standard InChI is InChI=1S/C13H18N4O3/c1-3-8-6-13(11(18)15-8,12(19)20-2)7-9-4-5-10(14)17-16-9/h4-5,8H,3,6-7H2,1-2H3,(H2,14,17)(H,15,18)/t8-,13?/m1/s1. The Balaban J connectivity index is 2.31. The molecule has 1 aliphatic heterocycles. The van der Waals surface area contributed by atoms with Crippen molar-refractivity contribution in [3.05, 3.63) is 17.8 Å². The van der Waals surface area contributed by atoms with Crippen molar-refractivity contribution in [3.8, 4) is 0 Å². The molecule has 20 heavy (non-hydrogen) atoms. The van der Waals surface area contributed by atoms with Crippen molar-refractivity contribution in [2.24, 2.45) is 5.41 Å². The molecule has 1 amide bonds. The molecule has 1 unspecified atom stereocenters. The average molecular weight is 278 g/mol. The molecule has 0 bridgehead atoms. The molecular formula is C13H18N4O3. The third-order valence-electron chi connectivity index (χ3n) is 3.66. The van der Waals surface area contributed by atoms with E-state index >= 15 is 0 Å². The van der Waals surface area contributed by atoms with Gasteiger partial charge in [-0.2, -0.15) is 5.10 Å². The number of nitrogen functional groups attached to an aromatic ring is 1. The van der Waals surface area contributed by atoms with Gasteiger partial charge in [0.1, 0.15) is 5.82 Å². The Hall–Kier alpha value is -2.18. The van der Waals surface area contributed by atoms with Gasteiger partial charge in [0, 0.05) is 12.5 Å². The minimum absolute atomic E-state index is 0.0247. The number of hydrogen-bond acceptors (Lipinski definition) is 6. The summed E-state index contributed by atoms with van der Waals surface area (Å²) >= 11 is 0. The van der Waals surface area contributed by atoms with Crippen LogP contribution in [-0.2, 0) is 20.7 Å². The molecule has 2 heterocycles. The van der Waals surface area contributed by atoms with Gasteiger partial charge in [-0.25, -0.2) is 0 Å². The third kappa shape index (κ3) is 2.43. The Labute approximate surface area is 116 Å². The molecule has 7 heteroatoms. The first-order valence-electron chi connectivity index (χ1n) is 6.49. The third-order valence-corrected chi connectivity index (χ3v) is 3.66. The van der Waals surface area contributed by atoms with Gasteiger partial charge in [-0.1, -0.05) is 6.92 Å². The molecule has 1 aliphatic rings. The Bertz CT molecular complexity index is 517. The average Bonchev–Trinajstić information content (AvgIpc) is 2.78. The van der Waals surface area contributed by atoms with Crippen LogP contribution in [0.25, 0.3) is 0 Å². The molecule has 1 aromatic rings. The van der Waals surface area contributed by atoms with Crippen LogP contribution in [0.5, 0.6) is 0 Å². The van der Waals surface area contributed by atoms with Gasteiger partial charge in [0.05, 0.1) is 12.8 Å². The van der Waals surface area contributed by atoms with E-state index in [1.807, 2.05) is 6.92 Å². The number of carbonyl (C=O) groups is 2. The summed E-state index contributed by atoms with van der Waals surface area (Å²) in [6.45, 7) is 1.96. The second-order valence-electron chi connectivity index (χ2n) is 4.98. The van der Waals surface area contributed by atoms with Crippen molar-refractivity contribution >= 4 is 17.7 Å². The van der Waals surface area contributed by atoms with Crippen LogP contribution in [0.4, 0.5) is 5.82 Å². The summed E-state index contributed by atoms with van der Waals surface area (Å²) in [7, 11) is 1.28. The lowest BCUT2D eigenvalue weighted by Crippen LogP contribution is -2.41. The van der Waals surface area contributed by atoms with Gasteiger partial charge in [0.25, 0.3) is 0 Å². The second-order valence-corrected chi connectivity index (χ2v) is 4.98. The Morgan fingerprint density at radius 1 is 1.55 bits per heavy atom. The highest BCUT2D eigenvalue weighted by Crippen LogP contribution is 2.36. The molecule has 0 saturated carbocycles. The molecule has 7 nitrogen and oxygen atoms in total. The lowest BCUT2D eigenvalue weighted by Gasteiger charge is -2.22. The maximum atomic E-state index is 12.3. The van der Waals surface area contributed by atoms with E-state index in [4.69, 9.17) is 10.5 Å². The van der Waals surface area contributed by atoms with Crippen LogP contribution in [-0.4, -0.2) is 35.2 Å². The second kappa shape index (κ2) is 5.44. The van der Waals surface area contributed by atoms with Gasteiger partial charge < -0.3 is 15.8 Å². The minimum Gasteiger partial charge on any atom is -0.468 e. The van der Waals surface area contributed by atoms with Crippen molar-refractivity contribution in [2.45, 2.75) is 32.2 Å². The first-order chi connectivity index (χ1) is 9.51. The number of amides is 1. The van der Waals surface area contributed by atoms with E-state index in [1.165, 1.54) is 7.11 Å². The molecule has 1 aromatic heterocycles. The number of ether oxygens (including phenoxy) is 1. The molecule has 108 valence electrons. The van der Waals surface area contributed by atoms with Gasteiger partial charge in [-0.3, -0.25) is 9.59 Å². The first kappa shape index (κ1) is 14.2. The lowest BCUT2D eigenvalue weighted by atomic mass is 9.80. The Morgan fingerprint density at radius 3 is 2.80 bits per heavy atom. The molecule has 2 rings (SSSR count). The quantitative estimate of drug-likeness (QED) is 0.595. The normalized spacial score (nSPS) is 25.3. The molecule has 1 fully saturated rings. The fraction of sp³-hybridized carbons (Fsp3) is 0.538. The highest BCUT2D eigenvalue weighted by Gasteiger charge is 2.53. The molecule has 0 radical (unpaired) electrons. The number of methoxy groups -OCH3 is 1. The van der Waals surface area contributed by atoms with Crippen LogP contribution in [0.1, 0.15) is 25.5 Å². The number of rotatable bonds is 4. The van der Waals surface area contributed by atoms with Crippen molar-refractivity contribution in [1.82, 2.24) is 15.5 Å². The van der Waals surface area contributed by atoms with E-state index in [2.05, 4.69) is 15.5 Å². The van der Waals surface area contributed by atoms with Gasteiger partial charge >= 0.3 is 5.97 Å². The number of esters is 1. The van der Waals surface area contributed by atoms with E-state index in [-0.39, 0.29) is 18.4 Å². The van der Waals surface area contributed by atoms with Gasteiger partial charge in [0.15, 0.2) is 5.41 Å². The van der Waals surface area contributed by atoms with Gasteiger partial charge in [-0.15, -0.1) is 5.10 Å². The molecular weight excluding hydrogens is 260 g/mol. The molecule has 1 saturated heterocycles. The summed E-state index contributed by atoms with van der Waals surface area (Å²) in [6.07, 6.45) is 1.33. The van der Waals surface area contributed by atoms with Crippen LogP contribution in [0.15, 0.2) is 12.1 Å². The number of nitrogens with one attached hydrogen (secondary N) is 1. The van der Waals surface area contributed by atoms with Gasteiger partial charge in [0.2, 0.25) is 5.91 Å². The predicted octanol–water partition coefficient (Wildman–Crippen LogP) is 0.0592. The molecule has 0 aromatic carbocycles. The first-order valence-corrected chi connectivity index (χ1v) is 6.49. The zero-order chi connectivity index (χ0) is 14.8. The SMILES string of the molecule is CC[C@@H]1CC(Cc2ccc(N)nn2)(C(=O)OC)C(=O)N1. The summed E-state index contributed by atoms with van der Waals surface area (Å²) in [5.41, 5.74) is 4.80. The zero-order valence-corrected chi connectivity index (χ0v) is 11.5. The van der Waals surface area contributed by atoms with E-state index < -0.39 is 11.4 Å². The number of nitrogens with two attached hydrogens (primary N) is 1. The van der Waals surface area contributed by atoms with Crippen molar-refractivity contribution in [2.75, 3.05) is 12.8 Å². The topological polar surface area (TPSA) is 107 Å². The fourth-order valence-electron chi connectivity index (χ4n) is 2.50. The summed E-state index contributed by atoms with van der Waals surface area (Å²) < 4.78 is 4.82. The lowest BCUT2D eigenvalue weighted by molar-refractivity contribution is -0.156. The maximum Gasteiger partial charge on any atom is 0.321 e. The molecule has 0 spiro atoms. The number of nitrogens with zero attached hydrogens (tertiary/aromatic N) is 2. The van der Waals surface area contributed by atoms with E-state index in [1.54, 1.807) is 12.1 Å². The number of aromatic nitrogens is 2. The molecule has 3 N–H and O–H groups in total. The molecule has 2 atom stereocenters. The van der Waals surface area contributed by atoms with Crippen molar-refractivity contribution < 1.29 is 14.3 Å². The van der Waals surface area contributed by atoms with Crippen LogP contribution < -0.4 is 11.1 Å². The van der Waals surface area contributed by atoms with E-state index in [9.17, 15) is 9.59 Å². The van der Waals surface area contributed by atoms with Crippen LogP contribution in [0.3, 0.4) is 0 Å². The Morgan fingerprint density at radius 2 is 2.30 bits per heavy atom. The summed E-state index contributed by atoms with van der Waals surface area (Å²) in [6, 6.07) is 3.24. The summed E-state index contributed by atoms with van der Waals surface area (Å²) in [4.78, 5) is 24.4. The summed E-state index contributed by atoms with van der Waals surface area (Å²) in [5, 5.41) is 10.5. The number of hydrogen-bond donors (Lipinski definition) is 2. The van der Waals surface area contributed by atoms with Crippen molar-refractivity contribution in [1.29, 1.82) is 0 Å². The molecule has 0 aliphatic carbocycles. The summed E-state index contributed by atoms with van der Waals surface area (Å²) in [5.74, 6) is -0.553. The van der Waals surface area contributed by atoms with Crippen LogP contribution in [0.2, 0.25) is 0 Å². The Kier molecular flexibility index (Phi) is 3.87. The fourth-order valence-corrected chi connectivity index (χ4v) is 2.50. The van der Waals surface area contributed by atoms with E-state index in [0.29, 0.717) is 17.9 Å². The predicted molar refractivity (Wildman–Crippen MR) is 71.4 cm³/mol. The number of anilines is 1.